The van der Waals surface area contributed by atoms with Crippen LogP contribution in [0.5, 0.6) is 0 Å². The summed E-state index contributed by atoms with van der Waals surface area (Å²) < 4.78 is 33.0. The quantitative estimate of drug-likeness (QED) is 0.768. The van der Waals surface area contributed by atoms with Crippen LogP contribution in [0, 0.1) is 0 Å². The van der Waals surface area contributed by atoms with E-state index in [9.17, 15) is 18.0 Å². The largest absolute Gasteiger partial charge is 0.379 e. The summed E-state index contributed by atoms with van der Waals surface area (Å²) in [6.07, 6.45) is 0. The molecule has 0 aromatic heterocycles. The minimum atomic E-state index is -4.10. The maximum Gasteiger partial charge on any atom is 0.249 e. The first kappa shape index (κ1) is 18.8. The van der Waals surface area contributed by atoms with E-state index in [1.807, 2.05) is 13.8 Å². The molecule has 0 spiro atoms. The molecule has 0 radical (unpaired) electrons. The number of carbonyl (C=O) groups is 2. The number of morpholine rings is 1. The van der Waals surface area contributed by atoms with Gasteiger partial charge in [0.2, 0.25) is 21.6 Å². The van der Waals surface area contributed by atoms with Crippen molar-refractivity contribution in [2.45, 2.75) is 13.8 Å². The maximum absolute atomic E-state index is 13.3. The van der Waals surface area contributed by atoms with Crippen LogP contribution in [0.15, 0.2) is 34.9 Å². The first-order valence-corrected chi connectivity index (χ1v) is 10.1. The SMILES string of the molecule is CCN(CC)C1=C(S(=O)(=O)N2CCOCC2)C(=O)c2ccccc2C1=O. The third kappa shape index (κ3) is 2.98. The molecule has 1 aliphatic carbocycles. The molecular weight excluding hydrogens is 356 g/mol. The number of ether oxygens (including phenoxy) is 1. The lowest BCUT2D eigenvalue weighted by atomic mass is 9.92. The molecule has 0 atom stereocenters. The first-order chi connectivity index (χ1) is 12.4. The topological polar surface area (TPSA) is 84.0 Å². The Morgan fingerprint density at radius 3 is 2.08 bits per heavy atom. The van der Waals surface area contributed by atoms with Crippen LogP contribution in [0.4, 0.5) is 0 Å². The lowest BCUT2D eigenvalue weighted by molar-refractivity contribution is 0.0730. The van der Waals surface area contributed by atoms with Crippen LogP contribution < -0.4 is 0 Å². The van der Waals surface area contributed by atoms with E-state index in [4.69, 9.17) is 4.74 Å². The Hall–Kier alpha value is -2.03. The molecule has 1 fully saturated rings. The lowest BCUT2D eigenvalue weighted by Gasteiger charge is -2.32. The molecule has 1 aromatic carbocycles. The fraction of sp³-hybridized carbons (Fsp3) is 0.444. The highest BCUT2D eigenvalue weighted by Crippen LogP contribution is 2.33. The molecule has 0 bridgehead atoms. The highest BCUT2D eigenvalue weighted by Gasteiger charge is 2.43. The standard InChI is InChI=1S/C18H22N2O5S/c1-3-19(4-2)15-16(21)13-7-5-6-8-14(13)17(22)18(15)26(23,24)20-9-11-25-12-10-20/h5-8H,3-4,9-12H2,1-2H3. The number of allylic oxidation sites excluding steroid dienone is 2. The van der Waals surface area contributed by atoms with Crippen molar-refractivity contribution in [3.05, 3.63) is 46.0 Å². The number of carbonyl (C=O) groups excluding carboxylic acids is 2. The molecule has 1 saturated heterocycles. The van der Waals surface area contributed by atoms with E-state index in [0.717, 1.165) is 0 Å². The van der Waals surface area contributed by atoms with Gasteiger partial charge in [-0.15, -0.1) is 0 Å². The fourth-order valence-electron chi connectivity index (χ4n) is 3.32. The molecule has 7 nitrogen and oxygen atoms in total. The highest BCUT2D eigenvalue weighted by molar-refractivity contribution is 7.94. The van der Waals surface area contributed by atoms with Gasteiger partial charge < -0.3 is 9.64 Å². The number of hydrogen-bond acceptors (Lipinski definition) is 6. The second-order valence-corrected chi connectivity index (χ2v) is 7.95. The van der Waals surface area contributed by atoms with Gasteiger partial charge in [-0.2, -0.15) is 4.31 Å². The van der Waals surface area contributed by atoms with Crippen LogP contribution >= 0.6 is 0 Å². The molecule has 0 N–H and O–H groups in total. The van der Waals surface area contributed by atoms with Crippen LogP contribution in [-0.4, -0.2) is 68.6 Å². The van der Waals surface area contributed by atoms with Gasteiger partial charge in [0.1, 0.15) is 5.70 Å². The van der Waals surface area contributed by atoms with E-state index >= 15 is 0 Å². The molecule has 2 aliphatic rings. The van der Waals surface area contributed by atoms with Gasteiger partial charge in [0.05, 0.1) is 13.2 Å². The molecule has 140 valence electrons. The molecule has 1 aliphatic heterocycles. The highest BCUT2D eigenvalue weighted by atomic mass is 32.2. The third-order valence-electron chi connectivity index (χ3n) is 4.70. The molecule has 3 rings (SSSR count). The molecular formula is C18H22N2O5S. The number of rotatable bonds is 5. The molecule has 1 aromatic rings. The van der Waals surface area contributed by atoms with Gasteiger partial charge in [-0.1, -0.05) is 24.3 Å². The minimum absolute atomic E-state index is 0.0230. The van der Waals surface area contributed by atoms with E-state index in [1.165, 1.54) is 10.4 Å². The average molecular weight is 378 g/mol. The molecule has 26 heavy (non-hydrogen) atoms. The Labute approximate surface area is 153 Å². The van der Waals surface area contributed by atoms with Gasteiger partial charge in [-0.3, -0.25) is 9.59 Å². The number of ketones is 2. The second kappa shape index (κ2) is 7.30. The number of likely N-dealkylation sites (N-methyl/N-ethyl adjacent to an activating group) is 1. The normalized spacial score (nSPS) is 18.8. The summed E-state index contributed by atoms with van der Waals surface area (Å²) in [6.45, 7) is 5.38. The van der Waals surface area contributed by atoms with Gasteiger partial charge >= 0.3 is 0 Å². The van der Waals surface area contributed by atoms with Gasteiger partial charge in [0, 0.05) is 37.3 Å². The number of nitrogens with zero attached hydrogens (tertiary/aromatic N) is 2. The third-order valence-corrected chi connectivity index (χ3v) is 6.64. The van der Waals surface area contributed by atoms with Crippen molar-refractivity contribution in [1.82, 2.24) is 9.21 Å². The summed E-state index contributed by atoms with van der Waals surface area (Å²) >= 11 is 0. The molecule has 0 saturated carbocycles. The summed E-state index contributed by atoms with van der Waals surface area (Å²) in [5.74, 6) is -1.04. The predicted octanol–water partition coefficient (Wildman–Crippen LogP) is 1.28. The Balaban J connectivity index is 2.23. The van der Waals surface area contributed by atoms with Crippen molar-refractivity contribution in [3.8, 4) is 0 Å². The Morgan fingerprint density at radius 2 is 1.54 bits per heavy atom. The number of benzene rings is 1. The summed E-state index contributed by atoms with van der Waals surface area (Å²) in [5.41, 5.74) is 0.366. The zero-order valence-corrected chi connectivity index (χ0v) is 15.7. The van der Waals surface area contributed by atoms with Crippen molar-refractivity contribution in [1.29, 1.82) is 0 Å². The number of hydrogen-bond donors (Lipinski definition) is 0. The van der Waals surface area contributed by atoms with Gasteiger partial charge in [0.25, 0.3) is 0 Å². The maximum atomic E-state index is 13.3. The van der Waals surface area contributed by atoms with Crippen LogP contribution in [0.3, 0.4) is 0 Å². The Morgan fingerprint density at radius 1 is 1.00 bits per heavy atom. The van der Waals surface area contributed by atoms with Gasteiger partial charge in [-0.25, -0.2) is 8.42 Å². The van der Waals surface area contributed by atoms with Crippen LogP contribution in [0.1, 0.15) is 34.6 Å². The first-order valence-electron chi connectivity index (χ1n) is 8.69. The minimum Gasteiger partial charge on any atom is -0.379 e. The Kier molecular flexibility index (Phi) is 5.27. The van der Waals surface area contributed by atoms with Crippen molar-refractivity contribution in [3.63, 3.8) is 0 Å². The second-order valence-electron chi connectivity index (χ2n) is 6.07. The van der Waals surface area contributed by atoms with E-state index in [2.05, 4.69) is 0 Å². The van der Waals surface area contributed by atoms with E-state index in [1.54, 1.807) is 23.1 Å². The Bertz CT molecular complexity index is 865. The fourth-order valence-corrected chi connectivity index (χ4v) is 5.02. The van der Waals surface area contributed by atoms with Crippen LogP contribution in [-0.2, 0) is 14.8 Å². The molecule has 8 heteroatoms. The van der Waals surface area contributed by atoms with Gasteiger partial charge in [0.15, 0.2) is 4.91 Å². The van der Waals surface area contributed by atoms with Crippen molar-refractivity contribution in [2.75, 3.05) is 39.4 Å². The zero-order chi connectivity index (χ0) is 18.9. The smallest absolute Gasteiger partial charge is 0.249 e. The van der Waals surface area contributed by atoms with Crippen molar-refractivity contribution in [2.24, 2.45) is 0 Å². The van der Waals surface area contributed by atoms with E-state index < -0.39 is 26.5 Å². The lowest BCUT2D eigenvalue weighted by Crippen LogP contribution is -2.45. The van der Waals surface area contributed by atoms with E-state index in [0.29, 0.717) is 13.1 Å². The van der Waals surface area contributed by atoms with Crippen molar-refractivity contribution < 1.29 is 22.7 Å². The van der Waals surface area contributed by atoms with Crippen LogP contribution in [0.25, 0.3) is 0 Å². The number of sulfonamides is 1. The van der Waals surface area contributed by atoms with Crippen molar-refractivity contribution >= 4 is 21.6 Å². The average Bonchev–Trinajstić information content (AvgIpc) is 2.67. The molecule has 0 amide bonds. The van der Waals surface area contributed by atoms with Crippen LogP contribution in [0.2, 0.25) is 0 Å². The molecule has 1 heterocycles. The summed E-state index contributed by atoms with van der Waals surface area (Å²) in [6, 6.07) is 6.37. The number of Topliss-reactive ketones (excluding diaryl/α,β-unsaturated/α-hetero) is 2. The predicted molar refractivity (Wildman–Crippen MR) is 96.4 cm³/mol. The number of fused-ring (bicyclic) bond motifs is 1. The monoisotopic (exact) mass is 378 g/mol. The zero-order valence-electron chi connectivity index (χ0n) is 14.9. The van der Waals surface area contributed by atoms with Gasteiger partial charge in [-0.05, 0) is 13.8 Å². The molecule has 0 unspecified atom stereocenters. The summed E-state index contributed by atoms with van der Waals surface area (Å²) in [4.78, 5) is 27.5. The van der Waals surface area contributed by atoms with E-state index in [-0.39, 0.29) is 43.1 Å². The summed E-state index contributed by atoms with van der Waals surface area (Å²) in [5, 5.41) is 0. The summed E-state index contributed by atoms with van der Waals surface area (Å²) in [7, 11) is -4.10.